The van der Waals surface area contributed by atoms with Crippen molar-refractivity contribution < 1.29 is 25.3 Å². The van der Waals surface area contributed by atoms with Crippen LogP contribution in [0, 0.1) is 0 Å². The van der Waals surface area contributed by atoms with Crippen molar-refractivity contribution in [3.63, 3.8) is 0 Å². The van der Waals surface area contributed by atoms with Crippen LogP contribution in [-0.2, 0) is 29.7 Å². The Kier molecular flexibility index (Phi) is 5.89. The fraction of sp³-hybridized carbons (Fsp3) is 0.353. The van der Waals surface area contributed by atoms with Crippen LogP contribution in [0.25, 0.3) is 0 Å². The Labute approximate surface area is 164 Å². The van der Waals surface area contributed by atoms with Gasteiger partial charge in [-0.2, -0.15) is 0 Å². The van der Waals surface area contributed by atoms with Gasteiger partial charge < -0.3 is 0 Å². The van der Waals surface area contributed by atoms with Gasteiger partial charge in [-0.25, -0.2) is 30.0 Å². The second-order valence-corrected chi connectivity index (χ2v) is 13.0. The van der Waals surface area contributed by atoms with Gasteiger partial charge in [-0.3, -0.25) is 4.98 Å². The highest BCUT2D eigenvalue weighted by Gasteiger charge is 2.38. The number of nitrogens with one attached hydrogen (secondary N) is 1. The number of hydrogen-bond acceptors (Lipinski definition) is 7. The van der Waals surface area contributed by atoms with Crippen LogP contribution in [0.5, 0.6) is 0 Å². The van der Waals surface area contributed by atoms with Crippen molar-refractivity contribution in [1.29, 1.82) is 0 Å². The van der Waals surface area contributed by atoms with Gasteiger partial charge in [0.1, 0.15) is 5.25 Å². The molecule has 152 valence electrons. The summed E-state index contributed by atoms with van der Waals surface area (Å²) in [5.74, 6) is -0.641. The second kappa shape index (κ2) is 7.90. The van der Waals surface area contributed by atoms with Gasteiger partial charge in [-0.05, 0) is 30.2 Å². The topological polar surface area (TPSA) is 127 Å². The predicted molar refractivity (Wildman–Crippen MR) is 105 cm³/mol. The number of pyridine rings is 1. The third-order valence-electron chi connectivity index (χ3n) is 4.60. The average molecular weight is 445 g/mol. The number of benzene rings is 1. The molecule has 1 aliphatic heterocycles. The SMILES string of the molecule is O=S1(=O)CCC(S(=O)(=O)NCC(c2cccnc2)S(=O)(=O)c2ccccc2)C1. The van der Waals surface area contributed by atoms with Crippen LogP contribution >= 0.6 is 0 Å². The molecule has 2 atom stereocenters. The maximum Gasteiger partial charge on any atom is 0.215 e. The molecule has 1 saturated heterocycles. The lowest BCUT2D eigenvalue weighted by molar-refractivity contribution is 0.560. The summed E-state index contributed by atoms with van der Waals surface area (Å²) < 4.78 is 76.8. The zero-order chi connectivity index (χ0) is 20.4. The summed E-state index contributed by atoms with van der Waals surface area (Å²) in [6.07, 6.45) is 2.86. The minimum absolute atomic E-state index is 0.000656. The van der Waals surface area contributed by atoms with E-state index < -0.39 is 52.5 Å². The van der Waals surface area contributed by atoms with Crippen molar-refractivity contribution in [2.24, 2.45) is 0 Å². The lowest BCUT2D eigenvalue weighted by atomic mass is 10.2. The van der Waals surface area contributed by atoms with E-state index in [-0.39, 0.29) is 17.1 Å². The van der Waals surface area contributed by atoms with Crippen LogP contribution in [0.3, 0.4) is 0 Å². The number of aromatic nitrogens is 1. The van der Waals surface area contributed by atoms with Crippen molar-refractivity contribution in [2.75, 3.05) is 18.1 Å². The van der Waals surface area contributed by atoms with E-state index >= 15 is 0 Å². The number of sulfone groups is 2. The zero-order valence-electron chi connectivity index (χ0n) is 14.8. The highest BCUT2D eigenvalue weighted by atomic mass is 32.2. The van der Waals surface area contributed by atoms with Crippen molar-refractivity contribution in [3.8, 4) is 0 Å². The smallest absolute Gasteiger partial charge is 0.215 e. The quantitative estimate of drug-likeness (QED) is 0.666. The van der Waals surface area contributed by atoms with Crippen molar-refractivity contribution in [2.45, 2.75) is 21.8 Å². The molecule has 0 saturated carbocycles. The minimum atomic E-state index is -3.99. The van der Waals surface area contributed by atoms with Crippen LogP contribution in [0.2, 0.25) is 0 Å². The van der Waals surface area contributed by atoms with E-state index in [4.69, 9.17) is 0 Å². The normalized spacial score (nSPS) is 20.6. The number of rotatable bonds is 7. The summed E-state index contributed by atoms with van der Waals surface area (Å²) in [7, 11) is -11.3. The van der Waals surface area contributed by atoms with E-state index in [0.29, 0.717) is 5.56 Å². The van der Waals surface area contributed by atoms with Gasteiger partial charge in [0, 0.05) is 18.9 Å². The fourth-order valence-corrected chi connectivity index (χ4v) is 8.93. The van der Waals surface area contributed by atoms with E-state index in [9.17, 15) is 25.3 Å². The zero-order valence-corrected chi connectivity index (χ0v) is 17.3. The van der Waals surface area contributed by atoms with E-state index in [2.05, 4.69) is 9.71 Å². The van der Waals surface area contributed by atoms with Crippen LogP contribution in [-0.4, -0.2) is 53.5 Å². The average Bonchev–Trinajstić information content (AvgIpc) is 3.04. The molecule has 2 aromatic rings. The van der Waals surface area contributed by atoms with E-state index in [1.54, 1.807) is 30.3 Å². The Morgan fingerprint density at radius 3 is 2.36 bits per heavy atom. The Morgan fingerprint density at radius 1 is 1.07 bits per heavy atom. The highest BCUT2D eigenvalue weighted by Crippen LogP contribution is 2.28. The van der Waals surface area contributed by atoms with Gasteiger partial charge in [0.2, 0.25) is 10.0 Å². The van der Waals surface area contributed by atoms with E-state index in [1.165, 1.54) is 24.5 Å². The molecule has 1 aromatic heterocycles. The first-order chi connectivity index (χ1) is 13.1. The summed E-state index contributed by atoms with van der Waals surface area (Å²) in [6, 6.07) is 10.9. The van der Waals surface area contributed by atoms with E-state index in [1.807, 2.05) is 0 Å². The molecule has 1 fully saturated rings. The largest absolute Gasteiger partial charge is 0.264 e. The summed E-state index contributed by atoms with van der Waals surface area (Å²) in [4.78, 5) is 3.99. The first-order valence-corrected chi connectivity index (χ1v) is 13.4. The molecule has 28 heavy (non-hydrogen) atoms. The van der Waals surface area contributed by atoms with Crippen molar-refractivity contribution in [3.05, 3.63) is 60.4 Å². The predicted octanol–water partition coefficient (Wildman–Crippen LogP) is 0.703. The number of sulfonamides is 1. The van der Waals surface area contributed by atoms with Crippen LogP contribution < -0.4 is 4.72 Å². The van der Waals surface area contributed by atoms with Gasteiger partial charge in [0.25, 0.3) is 0 Å². The summed E-state index contributed by atoms with van der Waals surface area (Å²) in [5, 5.41) is -2.28. The molecule has 1 aromatic carbocycles. The van der Waals surface area contributed by atoms with Crippen molar-refractivity contribution in [1.82, 2.24) is 9.71 Å². The molecule has 1 aliphatic rings. The van der Waals surface area contributed by atoms with Gasteiger partial charge in [-0.1, -0.05) is 24.3 Å². The molecule has 2 heterocycles. The molecule has 2 unspecified atom stereocenters. The third-order valence-corrected chi connectivity index (χ3v) is 10.5. The van der Waals surface area contributed by atoms with Crippen LogP contribution in [0.1, 0.15) is 17.2 Å². The van der Waals surface area contributed by atoms with Crippen molar-refractivity contribution >= 4 is 29.7 Å². The number of hydrogen-bond donors (Lipinski definition) is 1. The Balaban J connectivity index is 1.89. The first-order valence-electron chi connectivity index (χ1n) is 8.50. The molecular weight excluding hydrogens is 424 g/mol. The van der Waals surface area contributed by atoms with Gasteiger partial charge >= 0.3 is 0 Å². The van der Waals surface area contributed by atoms with E-state index in [0.717, 1.165) is 0 Å². The Bertz CT molecular complexity index is 1130. The molecule has 3 rings (SSSR count). The van der Waals surface area contributed by atoms with Gasteiger partial charge in [-0.15, -0.1) is 0 Å². The maximum atomic E-state index is 13.1. The molecule has 0 aliphatic carbocycles. The van der Waals surface area contributed by atoms with Crippen LogP contribution in [0.15, 0.2) is 59.8 Å². The lowest BCUT2D eigenvalue weighted by Crippen LogP contribution is -2.38. The summed E-state index contributed by atoms with van der Waals surface area (Å²) >= 11 is 0. The molecule has 0 bridgehead atoms. The van der Waals surface area contributed by atoms with Gasteiger partial charge in [0.15, 0.2) is 19.7 Å². The summed E-state index contributed by atoms with van der Waals surface area (Å²) in [5.41, 5.74) is 0.341. The Hall–Kier alpha value is -1.82. The molecular formula is C17H20N2O6S3. The minimum Gasteiger partial charge on any atom is -0.264 e. The first kappa shape index (κ1) is 20.9. The highest BCUT2D eigenvalue weighted by molar-refractivity contribution is 7.95. The summed E-state index contributed by atoms with van der Waals surface area (Å²) in [6.45, 7) is -0.415. The molecule has 11 heteroatoms. The standard InChI is InChI=1S/C17H20N2O6S3/c20-26(21)10-8-16(13-26)28(24,25)19-12-17(14-5-4-9-18-11-14)27(22,23)15-6-2-1-3-7-15/h1-7,9,11,16-17,19H,8,10,12-13H2. The molecule has 1 N–H and O–H groups in total. The van der Waals surface area contributed by atoms with Gasteiger partial charge in [0.05, 0.1) is 21.7 Å². The third kappa shape index (κ3) is 4.59. The Morgan fingerprint density at radius 2 is 1.79 bits per heavy atom. The molecule has 0 radical (unpaired) electrons. The second-order valence-electron chi connectivity index (χ2n) is 6.55. The molecule has 0 spiro atoms. The monoisotopic (exact) mass is 444 g/mol. The fourth-order valence-electron chi connectivity index (χ4n) is 3.06. The number of nitrogens with zero attached hydrogens (tertiary/aromatic N) is 1. The lowest BCUT2D eigenvalue weighted by Gasteiger charge is -2.20. The maximum absolute atomic E-state index is 13.1. The molecule has 8 nitrogen and oxygen atoms in total. The van der Waals surface area contributed by atoms with Crippen LogP contribution in [0.4, 0.5) is 0 Å². The molecule has 0 amide bonds.